The van der Waals surface area contributed by atoms with Gasteiger partial charge in [-0.3, -0.25) is 0 Å². The summed E-state index contributed by atoms with van der Waals surface area (Å²) in [6.45, 7) is 7.88. The highest BCUT2D eigenvalue weighted by molar-refractivity contribution is 5.35. The van der Waals surface area contributed by atoms with Gasteiger partial charge in [-0.1, -0.05) is 13.0 Å². The molecule has 3 N–H and O–H groups in total. The van der Waals surface area contributed by atoms with Gasteiger partial charge in [-0.2, -0.15) is 0 Å². The Morgan fingerprint density at radius 3 is 2.47 bits per heavy atom. The van der Waals surface area contributed by atoms with Gasteiger partial charge in [-0.15, -0.1) is 0 Å². The molecule has 1 heterocycles. The van der Waals surface area contributed by atoms with Crippen molar-refractivity contribution in [2.24, 2.45) is 11.3 Å². The third-order valence-corrected chi connectivity index (χ3v) is 6.02. The zero-order chi connectivity index (χ0) is 14.2. The normalized spacial score (nSPS) is 55.6. The quantitative estimate of drug-likeness (QED) is 0.573. The van der Waals surface area contributed by atoms with E-state index >= 15 is 0 Å². The molecule has 1 spiro atoms. The monoisotopic (exact) mass is 268 g/mol. The molecule has 19 heavy (non-hydrogen) atoms. The first-order valence-corrected chi connectivity index (χ1v) is 7.08. The maximum absolute atomic E-state index is 10.6. The van der Waals surface area contributed by atoms with Crippen LogP contribution in [0.4, 0.5) is 0 Å². The molecule has 4 nitrogen and oxygen atoms in total. The molecule has 6 atom stereocenters. The summed E-state index contributed by atoms with van der Waals surface area (Å²) in [6.07, 6.45) is 0.502. The highest BCUT2D eigenvalue weighted by Gasteiger charge is 2.70. The Labute approximate surface area is 114 Å². The van der Waals surface area contributed by atoms with Crippen LogP contribution < -0.4 is 0 Å². The van der Waals surface area contributed by atoms with E-state index in [1.165, 1.54) is 0 Å². The van der Waals surface area contributed by atoms with Gasteiger partial charge >= 0.3 is 0 Å². The lowest BCUT2D eigenvalue weighted by Crippen LogP contribution is -2.66. The van der Waals surface area contributed by atoms with E-state index in [1.807, 2.05) is 13.8 Å². The van der Waals surface area contributed by atoms with Gasteiger partial charge in [0.1, 0.15) is 5.60 Å². The molecule has 0 unspecified atom stereocenters. The maximum atomic E-state index is 10.6. The molecule has 0 aromatic heterocycles. The number of ether oxygens (including phenoxy) is 1. The van der Waals surface area contributed by atoms with Crippen LogP contribution in [0.2, 0.25) is 0 Å². The Morgan fingerprint density at radius 1 is 1.21 bits per heavy atom. The number of rotatable bonds is 0. The summed E-state index contributed by atoms with van der Waals surface area (Å²) in [6, 6.07) is 0. The molecule has 0 aromatic rings. The SMILES string of the molecule is CC1=C[C@H](O)[C@H](O)[C@@]2(C)[C@@H](O)C[C@@H]3C[C@]12OC3(C)C. The fourth-order valence-corrected chi connectivity index (χ4v) is 4.59. The summed E-state index contributed by atoms with van der Waals surface area (Å²) in [5.74, 6) is 0.279. The summed E-state index contributed by atoms with van der Waals surface area (Å²) in [5, 5.41) is 31.1. The minimum Gasteiger partial charge on any atom is -0.392 e. The highest BCUT2D eigenvalue weighted by Crippen LogP contribution is 2.64. The summed E-state index contributed by atoms with van der Waals surface area (Å²) < 4.78 is 6.37. The average Bonchev–Trinajstić information content (AvgIpc) is 2.54. The summed E-state index contributed by atoms with van der Waals surface area (Å²) in [7, 11) is 0. The van der Waals surface area contributed by atoms with E-state index < -0.39 is 29.3 Å². The van der Waals surface area contributed by atoms with Crippen molar-refractivity contribution >= 4 is 0 Å². The third-order valence-electron chi connectivity index (χ3n) is 6.02. The molecule has 108 valence electrons. The first kappa shape index (κ1) is 13.6. The van der Waals surface area contributed by atoms with Crippen LogP contribution in [-0.4, -0.2) is 44.8 Å². The summed E-state index contributed by atoms with van der Waals surface area (Å²) in [5.41, 5.74) is -0.884. The van der Waals surface area contributed by atoms with Crippen LogP contribution >= 0.6 is 0 Å². The number of fused-ring (bicyclic) bond motifs is 1. The van der Waals surface area contributed by atoms with E-state index in [0.717, 1.165) is 12.0 Å². The van der Waals surface area contributed by atoms with Crippen LogP contribution in [0.25, 0.3) is 0 Å². The summed E-state index contributed by atoms with van der Waals surface area (Å²) >= 11 is 0. The van der Waals surface area contributed by atoms with Crippen LogP contribution in [0, 0.1) is 11.3 Å². The number of aliphatic hydroxyl groups is 3. The predicted molar refractivity (Wildman–Crippen MR) is 70.5 cm³/mol. The Balaban J connectivity index is 2.20. The van der Waals surface area contributed by atoms with Crippen molar-refractivity contribution < 1.29 is 20.1 Å². The van der Waals surface area contributed by atoms with Crippen LogP contribution in [0.1, 0.15) is 40.5 Å². The van der Waals surface area contributed by atoms with Crippen molar-refractivity contribution in [3.8, 4) is 0 Å². The molecule has 1 aliphatic heterocycles. The molecular formula is C15H24O4. The standard InChI is InChI=1S/C15H24O4/c1-8-5-10(16)12(18)14(4)11(17)6-9-7-15(8,14)19-13(9,2)3/h5,9-12,16-18H,6-7H2,1-4H3/t9-,10+,11+,12+,14-,15+/m1/s1. The largest absolute Gasteiger partial charge is 0.392 e. The van der Waals surface area contributed by atoms with Crippen molar-refractivity contribution in [1.82, 2.24) is 0 Å². The smallest absolute Gasteiger partial charge is 0.100 e. The van der Waals surface area contributed by atoms with Gasteiger partial charge < -0.3 is 20.1 Å². The van der Waals surface area contributed by atoms with E-state index in [-0.39, 0.29) is 11.5 Å². The third kappa shape index (κ3) is 1.38. The van der Waals surface area contributed by atoms with E-state index in [0.29, 0.717) is 6.42 Å². The van der Waals surface area contributed by atoms with Crippen molar-refractivity contribution in [2.75, 3.05) is 0 Å². The van der Waals surface area contributed by atoms with Crippen LogP contribution in [0.5, 0.6) is 0 Å². The van der Waals surface area contributed by atoms with Crippen LogP contribution in [-0.2, 0) is 4.74 Å². The van der Waals surface area contributed by atoms with Crippen molar-refractivity contribution in [3.63, 3.8) is 0 Å². The zero-order valence-electron chi connectivity index (χ0n) is 12.1. The van der Waals surface area contributed by atoms with Gasteiger partial charge in [0.15, 0.2) is 0 Å². The van der Waals surface area contributed by atoms with E-state index in [4.69, 9.17) is 4.74 Å². The first-order valence-electron chi connectivity index (χ1n) is 7.08. The Kier molecular flexibility index (Phi) is 2.58. The first-order chi connectivity index (χ1) is 8.65. The van der Waals surface area contributed by atoms with E-state index in [1.54, 1.807) is 6.08 Å². The van der Waals surface area contributed by atoms with Gasteiger partial charge in [0, 0.05) is 0 Å². The Morgan fingerprint density at radius 2 is 1.84 bits per heavy atom. The topological polar surface area (TPSA) is 69.9 Å². The molecule has 3 aliphatic rings. The fraction of sp³-hybridized carbons (Fsp3) is 0.867. The van der Waals surface area contributed by atoms with Gasteiger partial charge in [-0.25, -0.2) is 0 Å². The van der Waals surface area contributed by atoms with Crippen molar-refractivity contribution in [3.05, 3.63) is 11.6 Å². The van der Waals surface area contributed by atoms with Gasteiger partial charge in [-0.05, 0) is 45.1 Å². The second-order valence-electron chi connectivity index (χ2n) is 7.25. The van der Waals surface area contributed by atoms with Gasteiger partial charge in [0.05, 0.1) is 29.3 Å². The lowest BCUT2D eigenvalue weighted by atomic mass is 9.52. The minimum atomic E-state index is -0.999. The average molecular weight is 268 g/mol. The molecule has 0 aromatic carbocycles. The molecule has 2 bridgehead atoms. The predicted octanol–water partition coefficient (Wildman–Crippen LogP) is 0.993. The summed E-state index contributed by atoms with van der Waals surface area (Å²) in [4.78, 5) is 0. The van der Waals surface area contributed by atoms with Gasteiger partial charge in [0.2, 0.25) is 0 Å². The Bertz CT molecular complexity index is 443. The molecule has 4 heteroatoms. The van der Waals surface area contributed by atoms with Crippen LogP contribution in [0.15, 0.2) is 11.6 Å². The maximum Gasteiger partial charge on any atom is 0.100 e. The lowest BCUT2D eigenvalue weighted by Gasteiger charge is -2.56. The van der Waals surface area contributed by atoms with E-state index in [2.05, 4.69) is 13.8 Å². The molecule has 1 saturated carbocycles. The Hall–Kier alpha value is -0.420. The molecule has 1 saturated heterocycles. The van der Waals surface area contributed by atoms with Crippen molar-refractivity contribution in [2.45, 2.75) is 70.1 Å². The number of hydrogen-bond acceptors (Lipinski definition) is 4. The molecule has 3 rings (SSSR count). The fourth-order valence-electron chi connectivity index (χ4n) is 4.59. The van der Waals surface area contributed by atoms with Crippen LogP contribution in [0.3, 0.4) is 0 Å². The van der Waals surface area contributed by atoms with Gasteiger partial charge in [0.25, 0.3) is 0 Å². The highest BCUT2D eigenvalue weighted by atomic mass is 16.5. The molecule has 2 fully saturated rings. The second kappa shape index (κ2) is 3.61. The van der Waals surface area contributed by atoms with E-state index in [9.17, 15) is 15.3 Å². The second-order valence-corrected chi connectivity index (χ2v) is 7.25. The molecule has 2 aliphatic carbocycles. The molecule has 0 radical (unpaired) electrons. The number of aliphatic hydroxyl groups excluding tert-OH is 3. The minimum absolute atomic E-state index is 0.279. The lowest BCUT2D eigenvalue weighted by molar-refractivity contribution is -0.218. The number of hydrogen-bond donors (Lipinski definition) is 3. The molecular weight excluding hydrogens is 244 g/mol. The van der Waals surface area contributed by atoms with Crippen molar-refractivity contribution in [1.29, 1.82) is 0 Å². The molecule has 0 amide bonds. The zero-order valence-corrected chi connectivity index (χ0v) is 12.1.